The number of esters is 1. The molecule has 4 heteroatoms. The summed E-state index contributed by atoms with van der Waals surface area (Å²) in [5, 5.41) is 0. The van der Waals surface area contributed by atoms with Crippen LogP contribution < -0.4 is 5.73 Å². The molecule has 3 atom stereocenters. The quantitative estimate of drug-likeness (QED) is 0.526. The standard InChI is InChI=1S/C6H9NO3.C2H6/c7-4-5-3(1-2-9-5)10-6(4)8;1-2/h3-5H,1-2,7H2;1-2H3/t3?,4-,5-;/m0./s1. The van der Waals surface area contributed by atoms with E-state index in [4.69, 9.17) is 15.2 Å². The first-order chi connectivity index (χ1) is 5.79. The number of carbonyl (C=O) groups is 1. The van der Waals surface area contributed by atoms with Gasteiger partial charge in [-0.3, -0.25) is 4.79 Å². The first kappa shape index (κ1) is 9.48. The van der Waals surface area contributed by atoms with Crippen molar-refractivity contribution < 1.29 is 14.3 Å². The summed E-state index contributed by atoms with van der Waals surface area (Å²) in [5.74, 6) is -0.324. The number of rotatable bonds is 0. The van der Waals surface area contributed by atoms with Gasteiger partial charge in [-0.05, 0) is 0 Å². The summed E-state index contributed by atoms with van der Waals surface area (Å²) >= 11 is 0. The van der Waals surface area contributed by atoms with Gasteiger partial charge in [-0.1, -0.05) is 13.8 Å². The van der Waals surface area contributed by atoms with E-state index in [2.05, 4.69) is 0 Å². The zero-order valence-corrected chi connectivity index (χ0v) is 7.45. The van der Waals surface area contributed by atoms with E-state index < -0.39 is 6.04 Å². The Morgan fingerprint density at radius 2 is 2.17 bits per heavy atom. The molecule has 0 bridgehead atoms. The molecule has 0 amide bonds. The third-order valence-electron chi connectivity index (χ3n) is 1.97. The van der Waals surface area contributed by atoms with E-state index in [0.717, 1.165) is 6.42 Å². The van der Waals surface area contributed by atoms with E-state index in [1.807, 2.05) is 13.8 Å². The minimum atomic E-state index is -0.549. The molecular weight excluding hydrogens is 158 g/mol. The maximum atomic E-state index is 10.8. The summed E-state index contributed by atoms with van der Waals surface area (Å²) in [6.45, 7) is 4.66. The maximum absolute atomic E-state index is 10.8. The first-order valence-electron chi connectivity index (χ1n) is 4.37. The van der Waals surface area contributed by atoms with Crippen molar-refractivity contribution in [3.63, 3.8) is 0 Å². The molecule has 2 heterocycles. The van der Waals surface area contributed by atoms with Gasteiger partial charge in [0.2, 0.25) is 0 Å². The van der Waals surface area contributed by atoms with Crippen molar-refractivity contribution in [1.29, 1.82) is 0 Å². The minimum absolute atomic E-state index is 0.0671. The Bertz CT molecular complexity index is 172. The van der Waals surface area contributed by atoms with Crippen LogP contribution in [-0.2, 0) is 14.3 Å². The number of ether oxygens (including phenoxy) is 2. The lowest BCUT2D eigenvalue weighted by Crippen LogP contribution is -2.37. The second-order valence-electron chi connectivity index (χ2n) is 2.63. The normalized spacial score (nSPS) is 38.2. The molecule has 0 saturated carbocycles. The largest absolute Gasteiger partial charge is 0.458 e. The summed E-state index contributed by atoms with van der Waals surface area (Å²) < 4.78 is 10.1. The van der Waals surface area contributed by atoms with E-state index in [9.17, 15) is 4.79 Å². The van der Waals surface area contributed by atoms with Crippen molar-refractivity contribution >= 4 is 5.97 Å². The predicted molar refractivity (Wildman–Crippen MR) is 43.6 cm³/mol. The molecule has 0 aromatic rings. The number of hydrogen-bond donors (Lipinski definition) is 1. The lowest BCUT2D eigenvalue weighted by molar-refractivity contribution is -0.142. The summed E-state index contributed by atoms with van der Waals surface area (Å²) in [6.07, 6.45) is 0.555. The zero-order chi connectivity index (χ0) is 9.14. The molecule has 0 aromatic carbocycles. The Kier molecular flexibility index (Phi) is 3.05. The lowest BCUT2D eigenvalue weighted by atomic mass is 10.1. The monoisotopic (exact) mass is 173 g/mol. The highest BCUT2D eigenvalue weighted by atomic mass is 16.6. The lowest BCUT2D eigenvalue weighted by Gasteiger charge is -2.06. The third-order valence-corrected chi connectivity index (χ3v) is 1.97. The Hall–Kier alpha value is -0.610. The van der Waals surface area contributed by atoms with Gasteiger partial charge < -0.3 is 15.2 Å². The van der Waals surface area contributed by atoms with Gasteiger partial charge in [-0.15, -0.1) is 0 Å². The molecule has 1 unspecified atom stereocenters. The summed E-state index contributed by atoms with van der Waals surface area (Å²) in [7, 11) is 0. The number of carbonyl (C=O) groups excluding carboxylic acids is 1. The summed E-state index contributed by atoms with van der Waals surface area (Å²) in [4.78, 5) is 10.8. The molecule has 0 aliphatic carbocycles. The molecule has 2 fully saturated rings. The Balaban J connectivity index is 0.000000336. The highest BCUT2D eigenvalue weighted by Gasteiger charge is 2.46. The maximum Gasteiger partial charge on any atom is 0.326 e. The van der Waals surface area contributed by atoms with E-state index in [1.165, 1.54) is 0 Å². The molecule has 4 nitrogen and oxygen atoms in total. The van der Waals surface area contributed by atoms with Crippen molar-refractivity contribution in [1.82, 2.24) is 0 Å². The summed E-state index contributed by atoms with van der Waals surface area (Å²) in [5.41, 5.74) is 5.46. The van der Waals surface area contributed by atoms with Crippen LogP contribution in [0.5, 0.6) is 0 Å². The number of nitrogens with two attached hydrogens (primary N) is 1. The second-order valence-corrected chi connectivity index (χ2v) is 2.63. The molecule has 0 spiro atoms. The smallest absolute Gasteiger partial charge is 0.326 e. The fourth-order valence-corrected chi connectivity index (χ4v) is 1.41. The van der Waals surface area contributed by atoms with E-state index in [-0.39, 0.29) is 18.2 Å². The van der Waals surface area contributed by atoms with Gasteiger partial charge >= 0.3 is 5.97 Å². The van der Waals surface area contributed by atoms with E-state index >= 15 is 0 Å². The van der Waals surface area contributed by atoms with Crippen LogP contribution in [0.1, 0.15) is 20.3 Å². The summed E-state index contributed by atoms with van der Waals surface area (Å²) in [6, 6.07) is -0.549. The van der Waals surface area contributed by atoms with Crippen LogP contribution >= 0.6 is 0 Å². The van der Waals surface area contributed by atoms with Crippen molar-refractivity contribution in [2.24, 2.45) is 5.73 Å². The molecule has 2 aliphatic heterocycles. The Morgan fingerprint density at radius 3 is 2.75 bits per heavy atom. The van der Waals surface area contributed by atoms with Crippen molar-refractivity contribution in [2.45, 2.75) is 38.5 Å². The molecule has 12 heavy (non-hydrogen) atoms. The average molecular weight is 173 g/mol. The van der Waals surface area contributed by atoms with Crippen LogP contribution in [0, 0.1) is 0 Å². The van der Waals surface area contributed by atoms with Gasteiger partial charge in [0, 0.05) is 6.42 Å². The first-order valence-corrected chi connectivity index (χ1v) is 4.37. The zero-order valence-electron chi connectivity index (χ0n) is 7.45. The molecule has 0 radical (unpaired) electrons. The van der Waals surface area contributed by atoms with Gasteiger partial charge in [0.25, 0.3) is 0 Å². The molecule has 70 valence electrons. The topological polar surface area (TPSA) is 61.6 Å². The number of fused-ring (bicyclic) bond motifs is 1. The van der Waals surface area contributed by atoms with Crippen LogP contribution in [0.15, 0.2) is 0 Å². The predicted octanol–water partition coefficient (Wildman–Crippen LogP) is 0.0542. The van der Waals surface area contributed by atoms with Gasteiger partial charge in [0.05, 0.1) is 6.61 Å². The number of hydrogen-bond acceptors (Lipinski definition) is 4. The van der Waals surface area contributed by atoms with Crippen LogP contribution in [-0.4, -0.2) is 30.8 Å². The highest BCUT2D eigenvalue weighted by Crippen LogP contribution is 2.25. The van der Waals surface area contributed by atoms with Crippen molar-refractivity contribution in [2.75, 3.05) is 6.61 Å². The van der Waals surface area contributed by atoms with Gasteiger partial charge in [0.1, 0.15) is 18.2 Å². The molecule has 2 saturated heterocycles. The minimum Gasteiger partial charge on any atom is -0.458 e. The molecule has 2 N–H and O–H groups in total. The van der Waals surface area contributed by atoms with Gasteiger partial charge in [-0.25, -0.2) is 0 Å². The third kappa shape index (κ3) is 1.44. The molecular formula is C8H15NO3. The molecule has 0 aromatic heterocycles. The highest BCUT2D eigenvalue weighted by molar-refractivity contribution is 5.79. The van der Waals surface area contributed by atoms with Crippen molar-refractivity contribution in [3.05, 3.63) is 0 Å². The van der Waals surface area contributed by atoms with Crippen LogP contribution in [0.25, 0.3) is 0 Å². The fraction of sp³-hybridized carbons (Fsp3) is 0.875. The second kappa shape index (κ2) is 3.87. The van der Waals surface area contributed by atoms with E-state index in [1.54, 1.807) is 0 Å². The van der Waals surface area contributed by atoms with Crippen LogP contribution in [0.3, 0.4) is 0 Å². The average Bonchev–Trinajstić information content (AvgIpc) is 2.62. The fourth-order valence-electron chi connectivity index (χ4n) is 1.41. The van der Waals surface area contributed by atoms with Gasteiger partial charge in [0.15, 0.2) is 0 Å². The SMILES string of the molecule is CC.N[C@@H]1C(=O)OC2CCO[C@@H]21. The van der Waals surface area contributed by atoms with E-state index in [0.29, 0.717) is 6.61 Å². The molecule has 2 aliphatic rings. The van der Waals surface area contributed by atoms with Crippen LogP contribution in [0.4, 0.5) is 0 Å². The molecule has 2 rings (SSSR count). The van der Waals surface area contributed by atoms with Crippen LogP contribution in [0.2, 0.25) is 0 Å². The Labute approximate surface area is 72.0 Å². The Morgan fingerprint density at radius 1 is 1.50 bits per heavy atom. The van der Waals surface area contributed by atoms with Gasteiger partial charge in [-0.2, -0.15) is 0 Å². The van der Waals surface area contributed by atoms with Crippen molar-refractivity contribution in [3.8, 4) is 0 Å².